The molecular formula is C22H20N2O2. The fraction of sp³-hybridized carbons (Fsp3) is 0.136. The van der Waals surface area contributed by atoms with Gasteiger partial charge in [-0.05, 0) is 16.7 Å². The highest BCUT2D eigenvalue weighted by Gasteiger charge is 2.55. The molecule has 4 nitrogen and oxygen atoms in total. The van der Waals surface area contributed by atoms with Gasteiger partial charge >= 0.3 is 0 Å². The summed E-state index contributed by atoms with van der Waals surface area (Å²) in [5.74, 6) is -0.378. The van der Waals surface area contributed by atoms with E-state index < -0.39 is 5.54 Å². The van der Waals surface area contributed by atoms with Crippen LogP contribution in [-0.4, -0.2) is 28.6 Å². The molecule has 26 heavy (non-hydrogen) atoms. The van der Waals surface area contributed by atoms with E-state index in [0.29, 0.717) is 6.54 Å². The summed E-state index contributed by atoms with van der Waals surface area (Å²) in [4.78, 5) is 14.2. The molecule has 1 heterocycles. The van der Waals surface area contributed by atoms with Crippen molar-refractivity contribution in [3.05, 3.63) is 108 Å². The third-order valence-corrected chi connectivity index (χ3v) is 5.03. The van der Waals surface area contributed by atoms with Crippen LogP contribution >= 0.6 is 0 Å². The zero-order valence-electron chi connectivity index (χ0n) is 14.2. The lowest BCUT2D eigenvalue weighted by molar-refractivity contribution is -0.129. The minimum Gasteiger partial charge on any atom is -0.289 e. The summed E-state index contributed by atoms with van der Waals surface area (Å²) in [5.41, 5.74) is 4.47. The second kappa shape index (κ2) is 6.75. The van der Waals surface area contributed by atoms with Gasteiger partial charge in [0.25, 0.3) is 5.91 Å². The van der Waals surface area contributed by atoms with Gasteiger partial charge in [-0.3, -0.25) is 14.9 Å². The molecule has 4 rings (SSSR count). The Morgan fingerprint density at radius 3 is 1.54 bits per heavy atom. The average Bonchev–Trinajstić information content (AvgIpc) is 3.52. The first kappa shape index (κ1) is 16.5. The molecule has 3 aromatic carbocycles. The maximum atomic E-state index is 12.1. The van der Waals surface area contributed by atoms with E-state index in [9.17, 15) is 4.79 Å². The Balaban J connectivity index is 1.97. The van der Waals surface area contributed by atoms with Gasteiger partial charge in [0.15, 0.2) is 0 Å². The predicted octanol–water partition coefficient (Wildman–Crippen LogP) is 3.17. The van der Waals surface area contributed by atoms with Crippen molar-refractivity contribution >= 4 is 5.91 Å². The number of hydroxylamine groups is 1. The Kier molecular flexibility index (Phi) is 4.29. The largest absolute Gasteiger partial charge is 0.289 e. The summed E-state index contributed by atoms with van der Waals surface area (Å²) < 4.78 is 0. The Bertz CT molecular complexity index is 785. The lowest BCUT2D eigenvalue weighted by Crippen LogP contribution is -2.41. The SMILES string of the molecule is O=C(NO)C1C[N@]1C(c1ccccc1)(c1ccccc1)c1ccccc1. The molecule has 130 valence electrons. The van der Waals surface area contributed by atoms with Crippen LogP contribution in [0.4, 0.5) is 0 Å². The lowest BCUT2D eigenvalue weighted by atomic mass is 9.76. The second-order valence-electron chi connectivity index (χ2n) is 6.45. The van der Waals surface area contributed by atoms with E-state index in [0.717, 1.165) is 16.7 Å². The van der Waals surface area contributed by atoms with Crippen molar-refractivity contribution in [1.82, 2.24) is 10.4 Å². The van der Waals surface area contributed by atoms with Crippen LogP contribution in [-0.2, 0) is 10.3 Å². The minimum atomic E-state index is -0.596. The molecule has 1 fully saturated rings. The molecule has 0 bridgehead atoms. The van der Waals surface area contributed by atoms with Gasteiger partial charge < -0.3 is 0 Å². The number of hydrogen-bond donors (Lipinski definition) is 2. The molecule has 0 saturated carbocycles. The Labute approximate surface area is 152 Å². The third kappa shape index (κ3) is 2.60. The summed E-state index contributed by atoms with van der Waals surface area (Å²) in [6, 6.07) is 30.2. The molecule has 0 aromatic heterocycles. The molecule has 2 atom stereocenters. The van der Waals surface area contributed by atoms with Crippen LogP contribution < -0.4 is 5.48 Å². The molecule has 2 N–H and O–H groups in total. The van der Waals surface area contributed by atoms with E-state index in [1.165, 1.54) is 0 Å². The molecule has 1 aliphatic heterocycles. The quantitative estimate of drug-likeness (QED) is 0.323. The summed E-state index contributed by atoms with van der Waals surface area (Å²) in [6.07, 6.45) is 0. The zero-order valence-corrected chi connectivity index (χ0v) is 14.2. The van der Waals surface area contributed by atoms with Crippen molar-refractivity contribution in [1.29, 1.82) is 0 Å². The van der Waals surface area contributed by atoms with Crippen molar-refractivity contribution in [2.45, 2.75) is 11.6 Å². The zero-order chi connectivity index (χ0) is 18.0. The summed E-state index contributed by atoms with van der Waals surface area (Å²) in [6.45, 7) is 0.574. The Morgan fingerprint density at radius 2 is 1.19 bits per heavy atom. The highest BCUT2D eigenvalue weighted by molar-refractivity contribution is 5.84. The highest BCUT2D eigenvalue weighted by Crippen LogP contribution is 2.48. The maximum absolute atomic E-state index is 12.1. The van der Waals surface area contributed by atoms with Gasteiger partial charge in [-0.1, -0.05) is 91.0 Å². The van der Waals surface area contributed by atoms with Gasteiger partial charge in [0.1, 0.15) is 6.04 Å². The molecule has 1 saturated heterocycles. The van der Waals surface area contributed by atoms with Crippen LogP contribution in [0.15, 0.2) is 91.0 Å². The first-order chi connectivity index (χ1) is 12.8. The van der Waals surface area contributed by atoms with Crippen LogP contribution in [0, 0.1) is 0 Å². The third-order valence-electron chi connectivity index (χ3n) is 5.03. The Morgan fingerprint density at radius 1 is 0.808 bits per heavy atom. The van der Waals surface area contributed by atoms with E-state index in [1.807, 2.05) is 54.6 Å². The fourth-order valence-electron chi connectivity index (χ4n) is 3.84. The van der Waals surface area contributed by atoms with Crippen LogP contribution in [0.1, 0.15) is 16.7 Å². The Hall–Kier alpha value is -2.95. The number of hydrogen-bond acceptors (Lipinski definition) is 3. The molecule has 1 aliphatic rings. The van der Waals surface area contributed by atoms with Gasteiger partial charge in [-0.25, -0.2) is 5.48 Å². The average molecular weight is 344 g/mol. The standard InChI is InChI=1S/C22H20N2O2/c25-21(23-26)20-16-24(20)22(17-10-4-1-5-11-17,18-12-6-2-7-13-18)19-14-8-3-9-15-19/h1-15,20,26H,16H2,(H,23,25)/t20?,24-/m0/s1. The maximum Gasteiger partial charge on any atom is 0.262 e. The first-order valence-corrected chi connectivity index (χ1v) is 8.65. The molecule has 0 radical (unpaired) electrons. The summed E-state index contributed by atoms with van der Waals surface area (Å²) >= 11 is 0. The normalized spacial score (nSPS) is 19.0. The molecule has 3 aromatic rings. The molecule has 4 heteroatoms. The number of nitrogens with one attached hydrogen (secondary N) is 1. The topological polar surface area (TPSA) is 52.3 Å². The number of carbonyl (C=O) groups excluding carboxylic acids is 1. The number of amides is 1. The smallest absolute Gasteiger partial charge is 0.262 e. The summed E-state index contributed by atoms with van der Waals surface area (Å²) in [7, 11) is 0. The van der Waals surface area contributed by atoms with E-state index in [4.69, 9.17) is 5.21 Å². The molecule has 1 amide bonds. The van der Waals surface area contributed by atoms with Gasteiger partial charge in [-0.2, -0.15) is 0 Å². The minimum absolute atomic E-state index is 0.374. The van der Waals surface area contributed by atoms with Crippen LogP contribution in [0.25, 0.3) is 0 Å². The van der Waals surface area contributed by atoms with Crippen LogP contribution in [0.5, 0.6) is 0 Å². The van der Waals surface area contributed by atoms with E-state index in [-0.39, 0.29) is 11.9 Å². The number of nitrogens with zero attached hydrogens (tertiary/aromatic N) is 1. The van der Waals surface area contributed by atoms with E-state index >= 15 is 0 Å². The van der Waals surface area contributed by atoms with Crippen molar-refractivity contribution in [3.63, 3.8) is 0 Å². The van der Waals surface area contributed by atoms with Gasteiger partial charge in [0.2, 0.25) is 0 Å². The molecule has 1 unspecified atom stereocenters. The molecular weight excluding hydrogens is 324 g/mol. The van der Waals surface area contributed by atoms with E-state index in [2.05, 4.69) is 41.3 Å². The second-order valence-corrected chi connectivity index (χ2v) is 6.45. The monoisotopic (exact) mass is 344 g/mol. The lowest BCUT2D eigenvalue weighted by Gasteiger charge is -2.38. The number of benzene rings is 3. The predicted molar refractivity (Wildman–Crippen MR) is 99.6 cm³/mol. The first-order valence-electron chi connectivity index (χ1n) is 8.65. The van der Waals surface area contributed by atoms with Gasteiger partial charge in [0, 0.05) is 6.54 Å². The van der Waals surface area contributed by atoms with Crippen LogP contribution in [0.2, 0.25) is 0 Å². The van der Waals surface area contributed by atoms with Crippen molar-refractivity contribution in [2.75, 3.05) is 6.54 Å². The van der Waals surface area contributed by atoms with E-state index in [1.54, 1.807) is 5.48 Å². The molecule has 0 spiro atoms. The highest BCUT2D eigenvalue weighted by atomic mass is 16.5. The molecule has 0 aliphatic carbocycles. The summed E-state index contributed by atoms with van der Waals surface area (Å²) in [5, 5.41) is 9.11. The van der Waals surface area contributed by atoms with Gasteiger partial charge in [-0.15, -0.1) is 0 Å². The number of rotatable bonds is 5. The number of carbonyl (C=O) groups is 1. The fourth-order valence-corrected chi connectivity index (χ4v) is 3.84. The van der Waals surface area contributed by atoms with Crippen molar-refractivity contribution < 1.29 is 10.0 Å². The van der Waals surface area contributed by atoms with Gasteiger partial charge in [0.05, 0.1) is 5.54 Å². The van der Waals surface area contributed by atoms with Crippen molar-refractivity contribution in [3.8, 4) is 0 Å². The van der Waals surface area contributed by atoms with Crippen LogP contribution in [0.3, 0.4) is 0 Å². The van der Waals surface area contributed by atoms with Crippen molar-refractivity contribution in [2.24, 2.45) is 0 Å².